The molecule has 1 aliphatic carbocycles. The Morgan fingerprint density at radius 2 is 1.81 bits per heavy atom. The molecule has 0 aromatic heterocycles. The second-order valence-corrected chi connectivity index (χ2v) is 5.51. The fourth-order valence-electron chi connectivity index (χ4n) is 2.89. The molecular formula is C18H19NO2. The Bertz CT molecular complexity index is 624. The van der Waals surface area contributed by atoms with Crippen LogP contribution in [0, 0.1) is 0 Å². The Morgan fingerprint density at radius 3 is 2.57 bits per heavy atom. The molecule has 0 saturated carbocycles. The minimum Gasteiger partial charge on any atom is -0.386 e. The summed E-state index contributed by atoms with van der Waals surface area (Å²) in [5, 5.41) is 13.2. The lowest BCUT2D eigenvalue weighted by Gasteiger charge is -2.17. The number of hydrogen-bond donors (Lipinski definition) is 2. The second-order valence-electron chi connectivity index (χ2n) is 5.51. The number of hydrogen-bond acceptors (Lipinski definition) is 2. The third-order valence-electron chi connectivity index (χ3n) is 4.02. The predicted octanol–water partition coefficient (Wildman–Crippen LogP) is 2.39. The van der Waals surface area contributed by atoms with Gasteiger partial charge in [0, 0.05) is 6.42 Å². The SMILES string of the molecule is O=C(CCc1ccccc1)N[C@H]1Cc2ccccc2[C@@H]1O. The molecule has 0 heterocycles. The zero-order valence-electron chi connectivity index (χ0n) is 11.8. The van der Waals surface area contributed by atoms with Crippen LogP contribution in [-0.2, 0) is 17.6 Å². The highest BCUT2D eigenvalue weighted by molar-refractivity contribution is 5.76. The van der Waals surface area contributed by atoms with Gasteiger partial charge in [-0.05, 0) is 29.5 Å². The van der Waals surface area contributed by atoms with Crippen LogP contribution < -0.4 is 5.32 Å². The maximum Gasteiger partial charge on any atom is 0.220 e. The average molecular weight is 281 g/mol. The molecule has 3 rings (SSSR count). The molecule has 2 aromatic carbocycles. The summed E-state index contributed by atoms with van der Waals surface area (Å²) in [6.07, 6.45) is 1.28. The van der Waals surface area contributed by atoms with Gasteiger partial charge in [0.2, 0.25) is 5.91 Å². The van der Waals surface area contributed by atoms with Gasteiger partial charge in [0.05, 0.1) is 12.1 Å². The van der Waals surface area contributed by atoms with E-state index in [2.05, 4.69) is 5.32 Å². The first-order valence-electron chi connectivity index (χ1n) is 7.33. The van der Waals surface area contributed by atoms with Crippen molar-refractivity contribution in [2.24, 2.45) is 0 Å². The van der Waals surface area contributed by atoms with Crippen molar-refractivity contribution in [2.75, 3.05) is 0 Å². The molecule has 0 radical (unpaired) electrons. The fourth-order valence-corrected chi connectivity index (χ4v) is 2.89. The number of rotatable bonds is 4. The van der Waals surface area contributed by atoms with E-state index in [4.69, 9.17) is 0 Å². The van der Waals surface area contributed by atoms with Crippen molar-refractivity contribution < 1.29 is 9.90 Å². The van der Waals surface area contributed by atoms with E-state index < -0.39 is 6.10 Å². The Morgan fingerprint density at radius 1 is 1.10 bits per heavy atom. The molecule has 3 nitrogen and oxygen atoms in total. The summed E-state index contributed by atoms with van der Waals surface area (Å²) < 4.78 is 0. The number of nitrogens with one attached hydrogen (secondary N) is 1. The minimum absolute atomic E-state index is 0.00397. The lowest BCUT2D eigenvalue weighted by Crippen LogP contribution is -2.37. The highest BCUT2D eigenvalue weighted by Crippen LogP contribution is 2.30. The van der Waals surface area contributed by atoms with E-state index >= 15 is 0 Å². The Labute approximate surface area is 124 Å². The van der Waals surface area contributed by atoms with Gasteiger partial charge in [0.15, 0.2) is 0 Å². The minimum atomic E-state index is -0.595. The van der Waals surface area contributed by atoms with Gasteiger partial charge < -0.3 is 10.4 Å². The van der Waals surface area contributed by atoms with E-state index in [0.717, 1.165) is 23.1 Å². The van der Waals surface area contributed by atoms with E-state index in [1.165, 1.54) is 0 Å². The Balaban J connectivity index is 1.55. The molecule has 0 spiro atoms. The van der Waals surface area contributed by atoms with Crippen molar-refractivity contribution in [1.29, 1.82) is 0 Å². The molecule has 1 amide bonds. The Kier molecular flexibility index (Phi) is 4.02. The van der Waals surface area contributed by atoms with Gasteiger partial charge >= 0.3 is 0 Å². The van der Waals surface area contributed by atoms with Crippen LogP contribution in [0.15, 0.2) is 54.6 Å². The van der Waals surface area contributed by atoms with Crippen molar-refractivity contribution in [3.63, 3.8) is 0 Å². The number of fused-ring (bicyclic) bond motifs is 1. The van der Waals surface area contributed by atoms with Crippen LogP contribution in [0.25, 0.3) is 0 Å². The van der Waals surface area contributed by atoms with E-state index in [9.17, 15) is 9.90 Å². The van der Waals surface area contributed by atoms with Crippen molar-refractivity contribution in [1.82, 2.24) is 5.32 Å². The number of aliphatic hydroxyl groups excluding tert-OH is 1. The first-order chi connectivity index (χ1) is 10.2. The van der Waals surface area contributed by atoms with Crippen LogP contribution in [0.2, 0.25) is 0 Å². The normalized spacial score (nSPS) is 20.0. The van der Waals surface area contributed by atoms with Crippen molar-refractivity contribution in [2.45, 2.75) is 31.4 Å². The molecule has 0 fully saturated rings. The summed E-state index contributed by atoms with van der Waals surface area (Å²) in [5.41, 5.74) is 3.21. The molecule has 2 atom stereocenters. The molecule has 2 aromatic rings. The summed E-state index contributed by atoms with van der Waals surface area (Å²) in [5.74, 6) is -0.00397. The standard InChI is InChI=1S/C18H19NO2/c20-17(11-10-13-6-2-1-3-7-13)19-16-12-14-8-4-5-9-15(14)18(16)21/h1-9,16,18,21H,10-12H2,(H,19,20)/t16-,18-/m0/s1. The zero-order valence-corrected chi connectivity index (χ0v) is 11.8. The maximum absolute atomic E-state index is 12.0. The molecular weight excluding hydrogens is 262 g/mol. The number of carbonyl (C=O) groups is 1. The first-order valence-corrected chi connectivity index (χ1v) is 7.33. The van der Waals surface area contributed by atoms with E-state index in [1.54, 1.807) is 0 Å². The monoisotopic (exact) mass is 281 g/mol. The largest absolute Gasteiger partial charge is 0.386 e. The Hall–Kier alpha value is -2.13. The quantitative estimate of drug-likeness (QED) is 0.904. The summed E-state index contributed by atoms with van der Waals surface area (Å²) >= 11 is 0. The van der Waals surface area contributed by atoms with Gasteiger partial charge in [-0.15, -0.1) is 0 Å². The number of amides is 1. The van der Waals surface area contributed by atoms with Gasteiger partial charge in [-0.25, -0.2) is 0 Å². The zero-order chi connectivity index (χ0) is 14.7. The van der Waals surface area contributed by atoms with Crippen LogP contribution in [0.4, 0.5) is 0 Å². The molecule has 2 N–H and O–H groups in total. The summed E-state index contributed by atoms with van der Waals surface area (Å²) in [7, 11) is 0. The summed E-state index contributed by atoms with van der Waals surface area (Å²) in [6, 6.07) is 17.6. The van der Waals surface area contributed by atoms with Gasteiger partial charge in [-0.2, -0.15) is 0 Å². The van der Waals surface area contributed by atoms with Gasteiger partial charge in [0.25, 0.3) is 0 Å². The lowest BCUT2D eigenvalue weighted by atomic mass is 10.1. The number of aliphatic hydroxyl groups is 1. The van der Waals surface area contributed by atoms with Crippen LogP contribution >= 0.6 is 0 Å². The van der Waals surface area contributed by atoms with Gasteiger partial charge in [-0.3, -0.25) is 4.79 Å². The number of aryl methyl sites for hydroxylation is 1. The third-order valence-corrected chi connectivity index (χ3v) is 4.02. The predicted molar refractivity (Wildman–Crippen MR) is 81.8 cm³/mol. The molecule has 0 aliphatic heterocycles. The van der Waals surface area contributed by atoms with Crippen LogP contribution in [-0.4, -0.2) is 17.1 Å². The first kappa shape index (κ1) is 13.8. The highest BCUT2D eigenvalue weighted by Gasteiger charge is 2.31. The molecule has 1 aliphatic rings. The molecule has 0 unspecified atom stereocenters. The topological polar surface area (TPSA) is 49.3 Å². The second kappa shape index (κ2) is 6.10. The smallest absolute Gasteiger partial charge is 0.220 e. The van der Waals surface area contributed by atoms with Gasteiger partial charge in [-0.1, -0.05) is 54.6 Å². The summed E-state index contributed by atoms with van der Waals surface area (Å²) in [6.45, 7) is 0. The number of benzene rings is 2. The van der Waals surface area contributed by atoms with Crippen molar-refractivity contribution >= 4 is 5.91 Å². The van der Waals surface area contributed by atoms with Crippen LogP contribution in [0.1, 0.15) is 29.2 Å². The van der Waals surface area contributed by atoms with E-state index in [0.29, 0.717) is 12.8 Å². The molecule has 108 valence electrons. The van der Waals surface area contributed by atoms with Crippen LogP contribution in [0.3, 0.4) is 0 Å². The van der Waals surface area contributed by atoms with Crippen molar-refractivity contribution in [3.8, 4) is 0 Å². The van der Waals surface area contributed by atoms with E-state index in [1.807, 2.05) is 54.6 Å². The summed E-state index contributed by atoms with van der Waals surface area (Å²) in [4.78, 5) is 12.0. The number of carbonyl (C=O) groups excluding carboxylic acids is 1. The molecule has 3 heteroatoms. The highest BCUT2D eigenvalue weighted by atomic mass is 16.3. The fraction of sp³-hybridized carbons (Fsp3) is 0.278. The lowest BCUT2D eigenvalue weighted by molar-refractivity contribution is -0.122. The molecule has 0 bridgehead atoms. The van der Waals surface area contributed by atoms with E-state index in [-0.39, 0.29) is 11.9 Å². The molecule has 0 saturated heterocycles. The van der Waals surface area contributed by atoms with Crippen molar-refractivity contribution in [3.05, 3.63) is 71.3 Å². The average Bonchev–Trinajstić information content (AvgIpc) is 2.83. The van der Waals surface area contributed by atoms with Gasteiger partial charge in [0.1, 0.15) is 0 Å². The third kappa shape index (κ3) is 3.14. The molecule has 21 heavy (non-hydrogen) atoms. The maximum atomic E-state index is 12.0. The van der Waals surface area contributed by atoms with Crippen LogP contribution in [0.5, 0.6) is 0 Å².